The molecule has 0 aliphatic heterocycles. The normalized spacial score (nSPS) is 13.2. The van der Waals surface area contributed by atoms with Gasteiger partial charge in [0.1, 0.15) is 0 Å². The summed E-state index contributed by atoms with van der Waals surface area (Å²) in [5.74, 6) is 0.0915. The lowest BCUT2D eigenvalue weighted by molar-refractivity contribution is -0.118. The number of carbonyl (C=O) groups is 1. The fraction of sp³-hybridized carbons (Fsp3) is 0.357. The van der Waals surface area contributed by atoms with Crippen LogP contribution in [-0.2, 0) is 4.79 Å². The van der Waals surface area contributed by atoms with Gasteiger partial charge in [-0.1, -0.05) is 42.3 Å². The number of ketones is 1. The van der Waals surface area contributed by atoms with Crippen molar-refractivity contribution in [3.63, 3.8) is 0 Å². The molecular weight excluding hydrogens is 269 g/mol. The number of hydrogen-bond donors (Lipinski definition) is 0. The Kier molecular flexibility index (Phi) is 5.86. The molecule has 0 fully saturated rings. The minimum absolute atomic E-state index is 0.0148. The second-order valence-corrected chi connectivity index (χ2v) is 5.39. The van der Waals surface area contributed by atoms with Crippen LogP contribution in [0.5, 0.6) is 0 Å². The molecule has 0 saturated heterocycles. The van der Waals surface area contributed by atoms with E-state index < -0.39 is 0 Å². The molecule has 1 rings (SSSR count). The van der Waals surface area contributed by atoms with Gasteiger partial charge in [0.05, 0.1) is 10.0 Å². The summed E-state index contributed by atoms with van der Waals surface area (Å²) in [6, 6.07) is 5.29. The smallest absolute Gasteiger partial charge is 0.159 e. The van der Waals surface area contributed by atoms with Gasteiger partial charge in [0, 0.05) is 12.5 Å². The van der Waals surface area contributed by atoms with Crippen molar-refractivity contribution < 1.29 is 4.79 Å². The van der Waals surface area contributed by atoms with Gasteiger partial charge >= 0.3 is 0 Å². The number of benzene rings is 1. The second kappa shape index (κ2) is 6.93. The summed E-state index contributed by atoms with van der Waals surface area (Å²) in [7, 11) is 3.90. The fourth-order valence-electron chi connectivity index (χ4n) is 1.60. The third kappa shape index (κ3) is 4.81. The summed E-state index contributed by atoms with van der Waals surface area (Å²) in [6.45, 7) is 2.66. The number of nitrogens with zero attached hydrogens (tertiary/aromatic N) is 1. The molecule has 4 heteroatoms. The first-order valence-electron chi connectivity index (χ1n) is 5.72. The van der Waals surface area contributed by atoms with Crippen LogP contribution in [0.3, 0.4) is 0 Å². The van der Waals surface area contributed by atoms with E-state index in [-0.39, 0.29) is 11.7 Å². The summed E-state index contributed by atoms with van der Waals surface area (Å²) in [6.07, 6.45) is 3.35. The molecule has 0 heterocycles. The Balaban J connectivity index is 2.68. The highest BCUT2D eigenvalue weighted by molar-refractivity contribution is 6.42. The zero-order valence-electron chi connectivity index (χ0n) is 10.8. The van der Waals surface area contributed by atoms with E-state index in [1.807, 2.05) is 32.0 Å². The molecule has 0 aromatic heterocycles. The summed E-state index contributed by atoms with van der Waals surface area (Å²) in [4.78, 5) is 13.8. The Hall–Kier alpha value is -0.830. The summed E-state index contributed by atoms with van der Waals surface area (Å²) in [5.41, 5.74) is 0.870. The van der Waals surface area contributed by atoms with Gasteiger partial charge < -0.3 is 4.90 Å². The Morgan fingerprint density at radius 2 is 2.00 bits per heavy atom. The molecule has 0 bridgehead atoms. The zero-order valence-corrected chi connectivity index (χ0v) is 12.3. The molecule has 0 saturated carbocycles. The predicted molar refractivity (Wildman–Crippen MR) is 78.2 cm³/mol. The maximum atomic E-state index is 11.8. The topological polar surface area (TPSA) is 20.3 Å². The van der Waals surface area contributed by atoms with Gasteiger partial charge in [-0.2, -0.15) is 0 Å². The average Bonchev–Trinajstić information content (AvgIpc) is 2.29. The fourth-order valence-corrected chi connectivity index (χ4v) is 1.90. The molecule has 18 heavy (non-hydrogen) atoms. The van der Waals surface area contributed by atoms with Gasteiger partial charge in [-0.25, -0.2) is 0 Å². The monoisotopic (exact) mass is 285 g/mol. The Labute approximate surface area is 118 Å². The zero-order chi connectivity index (χ0) is 13.7. The summed E-state index contributed by atoms with van der Waals surface area (Å²) in [5, 5.41) is 1.01. The van der Waals surface area contributed by atoms with E-state index >= 15 is 0 Å². The number of halogens is 2. The predicted octanol–water partition coefficient (Wildman–Crippen LogP) is 3.77. The first-order chi connectivity index (χ1) is 8.40. The Morgan fingerprint density at radius 3 is 2.56 bits per heavy atom. The molecule has 0 spiro atoms. The minimum Gasteiger partial charge on any atom is -0.309 e. The standard InChI is InChI=1S/C14H17Cl2NO/c1-10(9-17(2)3)14(18)7-5-11-4-6-12(15)13(16)8-11/h4-8,10H,9H2,1-3H3/b7-5+/t10-/m0/s1. The third-order valence-electron chi connectivity index (χ3n) is 2.51. The van der Waals surface area contributed by atoms with E-state index in [0.29, 0.717) is 10.0 Å². The van der Waals surface area contributed by atoms with Crippen molar-refractivity contribution in [2.45, 2.75) is 6.92 Å². The van der Waals surface area contributed by atoms with Gasteiger partial charge in [-0.05, 0) is 37.9 Å². The first kappa shape index (κ1) is 15.2. The lowest BCUT2D eigenvalue weighted by Crippen LogP contribution is -2.24. The van der Waals surface area contributed by atoms with Crippen LogP contribution in [0.4, 0.5) is 0 Å². The minimum atomic E-state index is -0.0148. The van der Waals surface area contributed by atoms with Crippen LogP contribution in [0.15, 0.2) is 24.3 Å². The average molecular weight is 286 g/mol. The molecule has 2 nitrogen and oxygen atoms in total. The molecule has 98 valence electrons. The highest BCUT2D eigenvalue weighted by atomic mass is 35.5. The van der Waals surface area contributed by atoms with Crippen LogP contribution in [0.2, 0.25) is 10.0 Å². The summed E-state index contributed by atoms with van der Waals surface area (Å²) < 4.78 is 0. The van der Waals surface area contributed by atoms with E-state index in [2.05, 4.69) is 0 Å². The van der Waals surface area contributed by atoms with Crippen molar-refractivity contribution in [3.05, 3.63) is 39.9 Å². The van der Waals surface area contributed by atoms with E-state index in [1.54, 1.807) is 24.3 Å². The molecule has 0 unspecified atom stereocenters. The quantitative estimate of drug-likeness (QED) is 0.768. The number of rotatable bonds is 5. The molecular formula is C14H17Cl2NO. The van der Waals surface area contributed by atoms with E-state index in [1.165, 1.54) is 0 Å². The van der Waals surface area contributed by atoms with Crippen molar-refractivity contribution in [3.8, 4) is 0 Å². The van der Waals surface area contributed by atoms with Gasteiger partial charge in [-0.15, -0.1) is 0 Å². The van der Waals surface area contributed by atoms with Crippen LogP contribution in [0.25, 0.3) is 6.08 Å². The SMILES string of the molecule is C[C@@H](CN(C)C)C(=O)/C=C/c1ccc(Cl)c(Cl)c1. The van der Waals surface area contributed by atoms with Gasteiger partial charge in [0.25, 0.3) is 0 Å². The molecule has 0 amide bonds. The van der Waals surface area contributed by atoms with Gasteiger partial charge in [-0.3, -0.25) is 4.79 Å². The second-order valence-electron chi connectivity index (χ2n) is 4.57. The van der Waals surface area contributed by atoms with Crippen molar-refractivity contribution in [1.82, 2.24) is 4.90 Å². The van der Waals surface area contributed by atoms with Crippen molar-refractivity contribution in [2.24, 2.45) is 5.92 Å². The van der Waals surface area contributed by atoms with Crippen molar-refractivity contribution >= 4 is 35.1 Å². The van der Waals surface area contributed by atoms with E-state index in [9.17, 15) is 4.79 Å². The third-order valence-corrected chi connectivity index (χ3v) is 3.25. The van der Waals surface area contributed by atoms with Crippen LogP contribution in [0, 0.1) is 5.92 Å². The lowest BCUT2D eigenvalue weighted by atomic mass is 10.0. The van der Waals surface area contributed by atoms with Gasteiger partial charge in [0.15, 0.2) is 5.78 Å². The number of allylic oxidation sites excluding steroid dienone is 1. The molecule has 1 aromatic carbocycles. The van der Waals surface area contributed by atoms with Crippen LogP contribution < -0.4 is 0 Å². The van der Waals surface area contributed by atoms with E-state index in [4.69, 9.17) is 23.2 Å². The number of hydrogen-bond acceptors (Lipinski definition) is 2. The van der Waals surface area contributed by atoms with Crippen LogP contribution >= 0.6 is 23.2 Å². The largest absolute Gasteiger partial charge is 0.309 e. The Morgan fingerprint density at radius 1 is 1.33 bits per heavy atom. The molecule has 0 aliphatic rings. The van der Waals surface area contributed by atoms with Crippen molar-refractivity contribution in [2.75, 3.05) is 20.6 Å². The maximum absolute atomic E-state index is 11.8. The summed E-state index contributed by atoms with van der Waals surface area (Å²) >= 11 is 11.7. The number of carbonyl (C=O) groups excluding carboxylic acids is 1. The molecule has 0 radical (unpaired) electrons. The first-order valence-corrected chi connectivity index (χ1v) is 6.47. The molecule has 0 N–H and O–H groups in total. The van der Waals surface area contributed by atoms with Gasteiger partial charge in [0.2, 0.25) is 0 Å². The molecule has 1 atom stereocenters. The lowest BCUT2D eigenvalue weighted by Gasteiger charge is -2.13. The highest BCUT2D eigenvalue weighted by Gasteiger charge is 2.10. The van der Waals surface area contributed by atoms with E-state index in [0.717, 1.165) is 12.1 Å². The van der Waals surface area contributed by atoms with Crippen molar-refractivity contribution in [1.29, 1.82) is 0 Å². The molecule has 0 aliphatic carbocycles. The maximum Gasteiger partial charge on any atom is 0.159 e. The Bertz CT molecular complexity index is 455. The molecule has 1 aromatic rings. The van der Waals surface area contributed by atoms with Crippen LogP contribution in [-0.4, -0.2) is 31.3 Å². The highest BCUT2D eigenvalue weighted by Crippen LogP contribution is 2.23. The van der Waals surface area contributed by atoms with Crippen LogP contribution in [0.1, 0.15) is 12.5 Å².